The third kappa shape index (κ3) is 4.70. The fourth-order valence-corrected chi connectivity index (χ4v) is 2.73. The zero-order valence-corrected chi connectivity index (χ0v) is 12.9. The van der Waals surface area contributed by atoms with Gasteiger partial charge in [-0.05, 0) is 25.0 Å². The summed E-state index contributed by atoms with van der Waals surface area (Å²) in [6.07, 6.45) is -0.935. The van der Waals surface area contributed by atoms with Gasteiger partial charge in [-0.25, -0.2) is 0 Å². The number of para-hydroxylation sites is 1. The van der Waals surface area contributed by atoms with Gasteiger partial charge in [0.1, 0.15) is 0 Å². The molecule has 8 heteroatoms. The van der Waals surface area contributed by atoms with Crippen LogP contribution in [0.3, 0.4) is 0 Å². The third-order valence-electron chi connectivity index (χ3n) is 4.05. The number of anilines is 1. The lowest BCUT2D eigenvalue weighted by atomic mass is 9.85. The maximum absolute atomic E-state index is 12.9. The van der Waals surface area contributed by atoms with Gasteiger partial charge in [-0.15, -0.1) is 0 Å². The molecule has 0 unspecified atom stereocenters. The van der Waals surface area contributed by atoms with Gasteiger partial charge in [-0.1, -0.05) is 31.4 Å². The molecular formula is C16H19F3N2O3. The van der Waals surface area contributed by atoms with E-state index in [0.29, 0.717) is 12.8 Å². The molecule has 2 rings (SSSR count). The van der Waals surface area contributed by atoms with Gasteiger partial charge in [0.15, 0.2) is 0 Å². The zero-order chi connectivity index (χ0) is 17.8. The Balaban J connectivity index is 1.96. The van der Waals surface area contributed by atoms with Crippen LogP contribution in [0.2, 0.25) is 0 Å². The average Bonchev–Trinajstić information content (AvgIpc) is 2.53. The van der Waals surface area contributed by atoms with Crippen molar-refractivity contribution in [2.45, 2.75) is 43.9 Å². The van der Waals surface area contributed by atoms with Crippen LogP contribution in [0.25, 0.3) is 0 Å². The lowest BCUT2D eigenvalue weighted by molar-refractivity contribution is -0.138. The van der Waals surface area contributed by atoms with E-state index < -0.39 is 34.8 Å². The van der Waals surface area contributed by atoms with Gasteiger partial charge in [0, 0.05) is 6.54 Å². The first-order chi connectivity index (χ1) is 11.2. The van der Waals surface area contributed by atoms with E-state index in [2.05, 4.69) is 5.32 Å². The summed E-state index contributed by atoms with van der Waals surface area (Å²) >= 11 is 0. The quantitative estimate of drug-likeness (QED) is 0.737. The standard InChI is InChI=1S/C16H19F3N2O3/c17-16(18,19)11-6-2-3-7-12(11)21-14(23)13(22)20-10-15(24)8-4-1-5-9-15/h2-3,6-7,24H,1,4-5,8-10H2,(H,20,22)(H,21,23). The maximum Gasteiger partial charge on any atom is 0.418 e. The van der Waals surface area contributed by atoms with E-state index in [-0.39, 0.29) is 6.54 Å². The second-order valence-corrected chi connectivity index (χ2v) is 5.97. The second-order valence-electron chi connectivity index (χ2n) is 5.97. The molecule has 0 aromatic heterocycles. The van der Waals surface area contributed by atoms with Crippen molar-refractivity contribution in [1.82, 2.24) is 5.32 Å². The first-order valence-electron chi connectivity index (χ1n) is 7.69. The number of hydrogen-bond acceptors (Lipinski definition) is 3. The molecule has 2 amide bonds. The van der Waals surface area contributed by atoms with Gasteiger partial charge in [0.25, 0.3) is 0 Å². The van der Waals surface area contributed by atoms with Crippen LogP contribution in [0, 0.1) is 0 Å². The lowest BCUT2D eigenvalue weighted by Crippen LogP contribution is -2.47. The van der Waals surface area contributed by atoms with Crippen LogP contribution < -0.4 is 10.6 Å². The Morgan fingerprint density at radius 1 is 1.08 bits per heavy atom. The molecule has 0 spiro atoms. The number of benzene rings is 1. The van der Waals surface area contributed by atoms with Crippen molar-refractivity contribution in [3.63, 3.8) is 0 Å². The van der Waals surface area contributed by atoms with Gasteiger partial charge in [0.05, 0.1) is 16.9 Å². The van der Waals surface area contributed by atoms with Crippen molar-refractivity contribution >= 4 is 17.5 Å². The minimum atomic E-state index is -4.64. The topological polar surface area (TPSA) is 78.4 Å². The summed E-state index contributed by atoms with van der Waals surface area (Å²) < 4.78 is 38.6. The SMILES string of the molecule is O=C(NCC1(O)CCCCC1)C(=O)Nc1ccccc1C(F)(F)F. The van der Waals surface area contributed by atoms with Crippen LogP contribution in [0.1, 0.15) is 37.7 Å². The fourth-order valence-electron chi connectivity index (χ4n) is 2.73. The van der Waals surface area contributed by atoms with Gasteiger partial charge >= 0.3 is 18.0 Å². The molecule has 24 heavy (non-hydrogen) atoms. The molecule has 0 heterocycles. The number of aliphatic hydroxyl groups is 1. The van der Waals surface area contributed by atoms with E-state index >= 15 is 0 Å². The normalized spacial score (nSPS) is 17.2. The van der Waals surface area contributed by atoms with Crippen molar-refractivity contribution in [3.8, 4) is 0 Å². The highest BCUT2D eigenvalue weighted by molar-refractivity contribution is 6.39. The fraction of sp³-hybridized carbons (Fsp3) is 0.500. The molecular weight excluding hydrogens is 325 g/mol. The molecule has 1 aliphatic rings. The Bertz CT molecular complexity index is 611. The Morgan fingerprint density at radius 2 is 1.71 bits per heavy atom. The summed E-state index contributed by atoms with van der Waals surface area (Å²) in [5.74, 6) is -2.28. The number of carbonyl (C=O) groups excluding carboxylic acids is 2. The smallest absolute Gasteiger partial charge is 0.388 e. The van der Waals surface area contributed by atoms with Crippen molar-refractivity contribution in [2.24, 2.45) is 0 Å². The summed E-state index contributed by atoms with van der Waals surface area (Å²) in [7, 11) is 0. The van der Waals surface area contributed by atoms with E-state index in [9.17, 15) is 27.9 Å². The van der Waals surface area contributed by atoms with Crippen LogP contribution in [0.5, 0.6) is 0 Å². The second kappa shape index (κ2) is 7.21. The van der Waals surface area contributed by atoms with Crippen molar-refractivity contribution in [3.05, 3.63) is 29.8 Å². The Morgan fingerprint density at radius 3 is 2.33 bits per heavy atom. The number of rotatable bonds is 3. The van der Waals surface area contributed by atoms with E-state index in [1.807, 2.05) is 5.32 Å². The molecule has 1 fully saturated rings. The number of halogens is 3. The molecule has 3 N–H and O–H groups in total. The maximum atomic E-state index is 12.9. The Hall–Kier alpha value is -2.09. The molecule has 0 atom stereocenters. The highest BCUT2D eigenvalue weighted by atomic mass is 19.4. The minimum Gasteiger partial charge on any atom is -0.388 e. The molecule has 0 aliphatic heterocycles. The number of carbonyl (C=O) groups is 2. The van der Waals surface area contributed by atoms with Crippen LogP contribution in [0.15, 0.2) is 24.3 Å². The first kappa shape index (κ1) is 18.3. The molecule has 0 bridgehead atoms. The van der Waals surface area contributed by atoms with E-state index in [1.54, 1.807) is 0 Å². The number of alkyl halides is 3. The predicted molar refractivity (Wildman–Crippen MR) is 81.1 cm³/mol. The molecule has 1 aromatic rings. The molecule has 0 radical (unpaired) electrons. The molecule has 1 aromatic carbocycles. The van der Waals surface area contributed by atoms with Gasteiger partial charge in [-0.2, -0.15) is 13.2 Å². The first-order valence-corrected chi connectivity index (χ1v) is 7.69. The average molecular weight is 344 g/mol. The monoisotopic (exact) mass is 344 g/mol. The van der Waals surface area contributed by atoms with Crippen LogP contribution in [0.4, 0.5) is 18.9 Å². The van der Waals surface area contributed by atoms with Crippen molar-refractivity contribution < 1.29 is 27.9 Å². The molecule has 1 aliphatic carbocycles. The van der Waals surface area contributed by atoms with Gasteiger partial charge in [0.2, 0.25) is 0 Å². The van der Waals surface area contributed by atoms with E-state index in [1.165, 1.54) is 12.1 Å². The molecule has 132 valence electrons. The number of nitrogens with one attached hydrogen (secondary N) is 2. The Labute approximate surface area is 137 Å². The van der Waals surface area contributed by atoms with Gasteiger partial charge in [-0.3, -0.25) is 9.59 Å². The van der Waals surface area contributed by atoms with E-state index in [4.69, 9.17) is 0 Å². The molecule has 0 saturated heterocycles. The van der Waals surface area contributed by atoms with E-state index in [0.717, 1.165) is 31.4 Å². The summed E-state index contributed by atoms with van der Waals surface area (Å²) in [5, 5.41) is 14.5. The highest BCUT2D eigenvalue weighted by Gasteiger charge is 2.34. The number of amides is 2. The zero-order valence-electron chi connectivity index (χ0n) is 12.9. The van der Waals surface area contributed by atoms with Crippen LogP contribution in [-0.4, -0.2) is 29.1 Å². The number of hydrogen-bond donors (Lipinski definition) is 3. The largest absolute Gasteiger partial charge is 0.418 e. The van der Waals surface area contributed by atoms with Crippen molar-refractivity contribution in [1.29, 1.82) is 0 Å². The minimum absolute atomic E-state index is 0.0971. The molecule has 5 nitrogen and oxygen atoms in total. The third-order valence-corrected chi connectivity index (χ3v) is 4.05. The Kier molecular flexibility index (Phi) is 5.48. The summed E-state index contributed by atoms with van der Waals surface area (Å²) in [5.41, 5.74) is -2.57. The van der Waals surface area contributed by atoms with Crippen LogP contribution in [-0.2, 0) is 15.8 Å². The van der Waals surface area contributed by atoms with Gasteiger partial charge < -0.3 is 15.7 Å². The lowest BCUT2D eigenvalue weighted by Gasteiger charge is -2.31. The van der Waals surface area contributed by atoms with Crippen molar-refractivity contribution in [2.75, 3.05) is 11.9 Å². The molecule has 1 saturated carbocycles. The summed E-state index contributed by atoms with van der Waals surface area (Å²) in [6.45, 7) is -0.0971. The van der Waals surface area contributed by atoms with Crippen LogP contribution >= 0.6 is 0 Å². The summed E-state index contributed by atoms with van der Waals surface area (Å²) in [4.78, 5) is 23.6. The highest BCUT2D eigenvalue weighted by Crippen LogP contribution is 2.34. The predicted octanol–water partition coefficient (Wildman–Crippen LogP) is 2.46. The summed E-state index contributed by atoms with van der Waals surface area (Å²) in [6, 6.07) is 4.41.